The van der Waals surface area contributed by atoms with Crippen LogP contribution in [0.5, 0.6) is 0 Å². The Kier molecular flexibility index (Phi) is 6.64. The molecule has 2 N–H and O–H groups in total. The number of carbonyl (C=O) groups is 3. The van der Waals surface area contributed by atoms with Crippen LogP contribution in [0.15, 0.2) is 48.5 Å². The topological polar surface area (TPSA) is 95.9 Å². The number of alkyl carbamates (subject to hydrolysis) is 1. The average molecular weight is 447 g/mol. The zero-order valence-electron chi connectivity index (χ0n) is 18.4. The zero-order valence-corrected chi connectivity index (χ0v) is 18.4. The van der Waals surface area contributed by atoms with Crippen LogP contribution in [0.4, 0.5) is 4.79 Å². The van der Waals surface area contributed by atoms with E-state index < -0.39 is 18.0 Å². The molecule has 33 heavy (non-hydrogen) atoms. The molecule has 0 spiro atoms. The Morgan fingerprint density at radius 2 is 1.73 bits per heavy atom. The van der Waals surface area contributed by atoms with Crippen molar-refractivity contribution < 1.29 is 24.2 Å². The number of amides is 2. The number of ether oxygens (including phenoxy) is 1. The minimum absolute atomic E-state index is 0.0104. The highest BCUT2D eigenvalue weighted by Crippen LogP contribution is 2.44. The summed E-state index contributed by atoms with van der Waals surface area (Å²) in [4.78, 5) is 37.2. The largest absolute Gasteiger partial charge is 0.481 e. The van der Waals surface area contributed by atoms with Gasteiger partial charge in [0.15, 0.2) is 0 Å². The Morgan fingerprint density at radius 1 is 1.09 bits per heavy atom. The molecule has 7 heteroatoms. The van der Waals surface area contributed by atoms with Crippen LogP contribution in [-0.4, -0.2) is 54.2 Å². The van der Waals surface area contributed by atoms with Crippen LogP contribution < -0.4 is 5.32 Å². The van der Waals surface area contributed by atoms with Gasteiger partial charge in [0.1, 0.15) is 6.61 Å². The standard InChI is InChI=1S/C26H26N2O5/c1-17-15-28(14-12-18(17)25(30)31)24(29)11-6-13-27-26(32)33-16-23-21-9-4-2-7-19(21)20-8-3-5-10-22(20)23/h2-5,7-10,17-18,23H,12-16H2,1H3,(H,27,32)(H,30,31). The lowest BCUT2D eigenvalue weighted by atomic mass is 9.87. The molecule has 0 bridgehead atoms. The number of nitrogens with one attached hydrogen (secondary N) is 1. The molecule has 2 atom stereocenters. The van der Waals surface area contributed by atoms with Gasteiger partial charge in [0.2, 0.25) is 0 Å². The Morgan fingerprint density at radius 3 is 2.33 bits per heavy atom. The highest BCUT2D eigenvalue weighted by molar-refractivity contribution is 5.93. The van der Waals surface area contributed by atoms with Crippen molar-refractivity contribution in [2.24, 2.45) is 11.8 Å². The summed E-state index contributed by atoms with van der Waals surface area (Å²) in [6, 6.07) is 16.2. The molecule has 7 nitrogen and oxygen atoms in total. The van der Waals surface area contributed by atoms with Crippen molar-refractivity contribution in [3.05, 3.63) is 59.7 Å². The van der Waals surface area contributed by atoms with Crippen molar-refractivity contribution >= 4 is 18.0 Å². The molecule has 2 aromatic carbocycles. The quantitative estimate of drug-likeness (QED) is 0.704. The molecule has 0 aromatic heterocycles. The number of rotatable bonds is 4. The summed E-state index contributed by atoms with van der Waals surface area (Å²) in [5.41, 5.74) is 4.59. The molecule has 170 valence electrons. The number of benzene rings is 2. The van der Waals surface area contributed by atoms with E-state index in [1.807, 2.05) is 31.2 Å². The maximum atomic E-state index is 12.3. The number of carboxylic acids is 1. The Labute approximate surface area is 192 Å². The van der Waals surface area contributed by atoms with Crippen LogP contribution in [0.1, 0.15) is 30.4 Å². The summed E-state index contributed by atoms with van der Waals surface area (Å²) in [6.07, 6.45) is -0.170. The monoisotopic (exact) mass is 446 g/mol. The fraction of sp³-hybridized carbons (Fsp3) is 0.346. The Hall–Kier alpha value is -3.79. The molecule has 2 aliphatic rings. The van der Waals surface area contributed by atoms with E-state index in [0.29, 0.717) is 19.5 Å². The zero-order chi connectivity index (χ0) is 23.4. The first kappa shape index (κ1) is 22.4. The second kappa shape index (κ2) is 9.78. The highest BCUT2D eigenvalue weighted by Gasteiger charge is 2.32. The van der Waals surface area contributed by atoms with Gasteiger partial charge < -0.3 is 20.1 Å². The Bertz CT molecular complexity index is 1090. The van der Waals surface area contributed by atoms with Gasteiger partial charge in [-0.25, -0.2) is 4.79 Å². The molecule has 1 heterocycles. The normalized spacial score (nSPS) is 19.0. The van der Waals surface area contributed by atoms with Gasteiger partial charge in [0.25, 0.3) is 5.91 Å². The maximum absolute atomic E-state index is 12.3. The van der Waals surface area contributed by atoms with Crippen LogP contribution >= 0.6 is 0 Å². The van der Waals surface area contributed by atoms with Crippen LogP contribution in [-0.2, 0) is 14.3 Å². The molecule has 1 fully saturated rings. The molecule has 0 saturated carbocycles. The van der Waals surface area contributed by atoms with Crippen molar-refractivity contribution in [1.29, 1.82) is 0 Å². The average Bonchev–Trinajstić information content (AvgIpc) is 3.14. The van der Waals surface area contributed by atoms with Gasteiger partial charge in [-0.15, -0.1) is 0 Å². The summed E-state index contributed by atoms with van der Waals surface area (Å²) in [6.45, 7) is 2.76. The number of fused-ring (bicyclic) bond motifs is 3. The molecule has 4 rings (SSSR count). The third kappa shape index (κ3) is 4.85. The third-order valence-corrected chi connectivity index (χ3v) is 6.37. The van der Waals surface area contributed by atoms with Crippen molar-refractivity contribution in [2.75, 3.05) is 26.2 Å². The van der Waals surface area contributed by atoms with Gasteiger partial charge in [0, 0.05) is 19.0 Å². The van der Waals surface area contributed by atoms with E-state index in [1.54, 1.807) is 4.90 Å². The minimum atomic E-state index is -0.826. The van der Waals surface area contributed by atoms with Gasteiger partial charge in [-0.2, -0.15) is 0 Å². The Balaban J connectivity index is 1.26. The molecular weight excluding hydrogens is 420 g/mol. The van der Waals surface area contributed by atoms with E-state index in [1.165, 1.54) is 0 Å². The fourth-order valence-electron chi connectivity index (χ4n) is 4.66. The molecule has 1 aliphatic heterocycles. The molecular formula is C26H26N2O5. The third-order valence-electron chi connectivity index (χ3n) is 6.37. The van der Waals surface area contributed by atoms with E-state index in [9.17, 15) is 19.5 Å². The van der Waals surface area contributed by atoms with Gasteiger partial charge >= 0.3 is 12.1 Å². The van der Waals surface area contributed by atoms with Crippen molar-refractivity contribution in [3.63, 3.8) is 0 Å². The minimum Gasteiger partial charge on any atom is -0.481 e. The predicted octanol–water partition coefficient (Wildman–Crippen LogP) is 3.10. The van der Waals surface area contributed by atoms with Crippen molar-refractivity contribution in [2.45, 2.75) is 19.3 Å². The summed E-state index contributed by atoms with van der Waals surface area (Å²) >= 11 is 0. The van der Waals surface area contributed by atoms with Crippen molar-refractivity contribution in [1.82, 2.24) is 10.2 Å². The lowest BCUT2D eigenvalue weighted by molar-refractivity contribution is -0.147. The summed E-state index contributed by atoms with van der Waals surface area (Å²) in [7, 11) is 0. The first-order valence-corrected chi connectivity index (χ1v) is 11.0. The highest BCUT2D eigenvalue weighted by atomic mass is 16.5. The number of hydrogen-bond donors (Lipinski definition) is 2. The molecule has 1 aliphatic carbocycles. The second-order valence-corrected chi connectivity index (χ2v) is 8.44. The van der Waals surface area contributed by atoms with Gasteiger partial charge in [-0.05, 0) is 40.5 Å². The number of carboxylic acid groups (broad SMARTS) is 1. The lowest BCUT2D eigenvalue weighted by Crippen LogP contribution is -2.44. The molecule has 0 radical (unpaired) electrons. The van der Waals surface area contributed by atoms with Crippen LogP contribution in [0.2, 0.25) is 0 Å². The number of nitrogens with zero attached hydrogens (tertiary/aromatic N) is 1. The summed E-state index contributed by atoms with van der Waals surface area (Å²) in [5.74, 6) is 3.40. The van der Waals surface area contributed by atoms with Crippen LogP contribution in [0.25, 0.3) is 11.1 Å². The summed E-state index contributed by atoms with van der Waals surface area (Å²) < 4.78 is 5.44. The fourth-order valence-corrected chi connectivity index (χ4v) is 4.66. The summed E-state index contributed by atoms with van der Waals surface area (Å²) in [5, 5.41) is 11.7. The van der Waals surface area contributed by atoms with E-state index in [-0.39, 0.29) is 30.9 Å². The van der Waals surface area contributed by atoms with E-state index >= 15 is 0 Å². The first-order valence-electron chi connectivity index (χ1n) is 11.0. The van der Waals surface area contributed by atoms with Crippen LogP contribution in [0, 0.1) is 23.7 Å². The number of piperidine rings is 1. The lowest BCUT2D eigenvalue weighted by Gasteiger charge is -2.33. The van der Waals surface area contributed by atoms with Crippen LogP contribution in [0.3, 0.4) is 0 Å². The van der Waals surface area contributed by atoms with E-state index in [2.05, 4.69) is 41.4 Å². The maximum Gasteiger partial charge on any atom is 0.407 e. The molecule has 2 unspecified atom stereocenters. The number of hydrogen-bond acceptors (Lipinski definition) is 4. The van der Waals surface area contributed by atoms with E-state index in [4.69, 9.17) is 4.74 Å². The first-order chi connectivity index (χ1) is 16.0. The number of carbonyl (C=O) groups excluding carboxylic acids is 2. The van der Waals surface area contributed by atoms with Crippen molar-refractivity contribution in [3.8, 4) is 23.0 Å². The molecule has 1 saturated heterocycles. The number of aliphatic carboxylic acids is 1. The number of likely N-dealkylation sites (tertiary alicyclic amines) is 1. The van der Waals surface area contributed by atoms with E-state index in [0.717, 1.165) is 22.3 Å². The smallest absolute Gasteiger partial charge is 0.407 e. The second-order valence-electron chi connectivity index (χ2n) is 8.44. The molecule has 2 aromatic rings. The predicted molar refractivity (Wildman–Crippen MR) is 122 cm³/mol. The van der Waals surface area contributed by atoms with Gasteiger partial charge in [-0.1, -0.05) is 61.4 Å². The SMILES string of the molecule is CC1CN(C(=O)C#CCNC(=O)OCC2c3ccccc3-c3ccccc32)CCC1C(=O)O. The molecule has 2 amide bonds. The van der Waals surface area contributed by atoms with Gasteiger partial charge in [0.05, 0.1) is 12.5 Å². The van der Waals surface area contributed by atoms with Gasteiger partial charge in [-0.3, -0.25) is 9.59 Å².